The van der Waals surface area contributed by atoms with Gasteiger partial charge in [-0.15, -0.1) is 11.8 Å². The molecule has 2 aromatic carbocycles. The molecule has 1 aliphatic heterocycles. The maximum atomic E-state index is 12.9. The Morgan fingerprint density at radius 2 is 1.77 bits per heavy atom. The zero-order valence-electron chi connectivity index (χ0n) is 16.4. The molecule has 8 heteroatoms. The van der Waals surface area contributed by atoms with Gasteiger partial charge in [-0.25, -0.2) is 9.18 Å². The van der Waals surface area contributed by atoms with E-state index in [0.29, 0.717) is 49.4 Å². The molecule has 156 valence electrons. The third kappa shape index (κ3) is 6.49. The van der Waals surface area contributed by atoms with Crippen LogP contribution in [0.25, 0.3) is 0 Å². The van der Waals surface area contributed by atoms with Crippen molar-refractivity contribution >= 4 is 29.4 Å². The van der Waals surface area contributed by atoms with Crippen molar-refractivity contribution < 1.29 is 14.0 Å². The fraction of sp³-hybridized carbons (Fsp3) is 0.318. The van der Waals surface area contributed by atoms with Crippen LogP contribution in [0, 0.1) is 17.1 Å². The Morgan fingerprint density at radius 1 is 1.10 bits per heavy atom. The highest BCUT2D eigenvalue weighted by molar-refractivity contribution is 7.99. The summed E-state index contributed by atoms with van der Waals surface area (Å²) in [4.78, 5) is 27.4. The van der Waals surface area contributed by atoms with E-state index in [1.807, 2.05) is 17.0 Å². The number of hydrogen-bond acceptors (Lipinski definition) is 4. The fourth-order valence-electron chi connectivity index (χ4n) is 3.20. The van der Waals surface area contributed by atoms with Crippen LogP contribution < -0.4 is 10.6 Å². The first-order valence-electron chi connectivity index (χ1n) is 9.77. The van der Waals surface area contributed by atoms with Gasteiger partial charge in [0, 0.05) is 41.9 Å². The topological polar surface area (TPSA) is 85.2 Å². The second-order valence-corrected chi connectivity index (χ2v) is 8.16. The summed E-state index contributed by atoms with van der Waals surface area (Å²) in [5, 5.41) is 14.4. The number of anilines is 1. The van der Waals surface area contributed by atoms with Crippen LogP contribution in [-0.2, 0) is 4.79 Å². The van der Waals surface area contributed by atoms with Gasteiger partial charge >= 0.3 is 6.03 Å². The van der Waals surface area contributed by atoms with Crippen LogP contribution in [-0.4, -0.2) is 41.7 Å². The Morgan fingerprint density at radius 3 is 2.40 bits per heavy atom. The van der Waals surface area contributed by atoms with Crippen LogP contribution in [0.2, 0.25) is 0 Å². The molecule has 3 amide bonds. The van der Waals surface area contributed by atoms with Crippen LogP contribution in [0.1, 0.15) is 24.8 Å². The number of piperidine rings is 1. The summed E-state index contributed by atoms with van der Waals surface area (Å²) in [6.45, 7) is 1.23. The molecule has 0 bridgehead atoms. The number of likely N-dealkylation sites (tertiary alicyclic amines) is 1. The highest BCUT2D eigenvalue weighted by Crippen LogP contribution is 2.20. The lowest BCUT2D eigenvalue weighted by Crippen LogP contribution is -2.47. The Bertz CT molecular complexity index is 904. The largest absolute Gasteiger partial charge is 0.343 e. The van der Waals surface area contributed by atoms with Crippen LogP contribution in [0.15, 0.2) is 53.4 Å². The lowest BCUT2D eigenvalue weighted by atomic mass is 10.0. The molecule has 0 saturated carbocycles. The van der Waals surface area contributed by atoms with Crippen LogP contribution in [0.5, 0.6) is 0 Å². The molecule has 1 heterocycles. The van der Waals surface area contributed by atoms with Gasteiger partial charge in [0.25, 0.3) is 0 Å². The highest BCUT2D eigenvalue weighted by Gasteiger charge is 2.23. The minimum Gasteiger partial charge on any atom is -0.343 e. The summed E-state index contributed by atoms with van der Waals surface area (Å²) < 4.78 is 12.9. The second kappa shape index (κ2) is 10.6. The van der Waals surface area contributed by atoms with Gasteiger partial charge < -0.3 is 15.5 Å². The number of benzene rings is 2. The van der Waals surface area contributed by atoms with Gasteiger partial charge in [-0.3, -0.25) is 4.79 Å². The minimum absolute atomic E-state index is 0.00234. The first-order chi connectivity index (χ1) is 14.5. The summed E-state index contributed by atoms with van der Waals surface area (Å²) in [5.41, 5.74) is 1.15. The second-order valence-electron chi connectivity index (χ2n) is 7.00. The molecule has 6 nitrogen and oxygen atoms in total. The van der Waals surface area contributed by atoms with E-state index in [4.69, 9.17) is 5.26 Å². The minimum atomic E-state index is -0.353. The Balaban J connectivity index is 1.34. The number of halogens is 1. The number of rotatable bonds is 6. The lowest BCUT2D eigenvalue weighted by Gasteiger charge is -2.32. The van der Waals surface area contributed by atoms with Crippen molar-refractivity contribution in [2.45, 2.75) is 30.2 Å². The molecule has 0 radical (unpaired) electrons. The van der Waals surface area contributed by atoms with Gasteiger partial charge in [-0.1, -0.05) is 0 Å². The monoisotopic (exact) mass is 426 g/mol. The number of nitriles is 1. The van der Waals surface area contributed by atoms with Crippen LogP contribution in [0.3, 0.4) is 0 Å². The average molecular weight is 427 g/mol. The van der Waals surface area contributed by atoms with Crippen molar-refractivity contribution in [1.82, 2.24) is 10.2 Å². The first-order valence-corrected chi connectivity index (χ1v) is 10.8. The normalized spacial score (nSPS) is 14.1. The molecule has 0 aromatic heterocycles. The summed E-state index contributed by atoms with van der Waals surface area (Å²) in [6, 6.07) is 14.7. The van der Waals surface area contributed by atoms with Crippen LogP contribution >= 0.6 is 11.8 Å². The van der Waals surface area contributed by atoms with Gasteiger partial charge in [0.05, 0.1) is 11.6 Å². The zero-order valence-corrected chi connectivity index (χ0v) is 17.3. The summed E-state index contributed by atoms with van der Waals surface area (Å²) in [6.07, 6.45) is 1.85. The SMILES string of the molecule is N#Cc1ccc(SCCC(=O)N2CCC(NC(=O)Nc3ccc(F)cc3)CC2)cc1. The summed E-state index contributed by atoms with van der Waals surface area (Å²) in [7, 11) is 0. The molecule has 1 saturated heterocycles. The van der Waals surface area contributed by atoms with E-state index in [1.165, 1.54) is 24.3 Å². The molecule has 1 fully saturated rings. The number of nitrogens with one attached hydrogen (secondary N) is 2. The van der Waals surface area contributed by atoms with Crippen molar-refractivity contribution in [3.63, 3.8) is 0 Å². The summed E-state index contributed by atoms with van der Waals surface area (Å²) in [5.74, 6) is 0.446. The van der Waals surface area contributed by atoms with Gasteiger partial charge in [-0.2, -0.15) is 5.26 Å². The molecular formula is C22H23FN4O2S. The standard InChI is InChI=1S/C22H23FN4O2S/c23-17-3-5-18(6-4-17)25-22(29)26-19-9-12-27(13-10-19)21(28)11-14-30-20-7-1-16(15-24)2-8-20/h1-8,19H,9-14H2,(H2,25,26,29). The van der Waals surface area contributed by atoms with Crippen molar-refractivity contribution in [3.05, 3.63) is 59.9 Å². The van der Waals surface area contributed by atoms with Crippen molar-refractivity contribution in [3.8, 4) is 6.07 Å². The predicted octanol–water partition coefficient (Wildman–Crippen LogP) is 3.99. The van der Waals surface area contributed by atoms with Gasteiger partial charge in [0.1, 0.15) is 5.82 Å². The predicted molar refractivity (Wildman–Crippen MR) is 115 cm³/mol. The molecule has 2 aromatic rings. The number of carbonyl (C=O) groups is 2. The third-order valence-electron chi connectivity index (χ3n) is 4.85. The first kappa shape index (κ1) is 21.7. The number of nitrogens with zero attached hydrogens (tertiary/aromatic N) is 2. The van der Waals surface area contributed by atoms with E-state index in [-0.39, 0.29) is 23.8 Å². The van der Waals surface area contributed by atoms with E-state index in [2.05, 4.69) is 16.7 Å². The molecule has 30 heavy (non-hydrogen) atoms. The molecular weight excluding hydrogens is 403 g/mol. The Hall–Kier alpha value is -3.05. The Labute approximate surface area is 179 Å². The van der Waals surface area contributed by atoms with Crippen molar-refractivity contribution in [1.29, 1.82) is 5.26 Å². The third-order valence-corrected chi connectivity index (χ3v) is 5.87. The van der Waals surface area contributed by atoms with E-state index in [9.17, 15) is 14.0 Å². The van der Waals surface area contributed by atoms with Gasteiger partial charge in [0.2, 0.25) is 5.91 Å². The molecule has 0 unspecified atom stereocenters. The smallest absolute Gasteiger partial charge is 0.319 e. The van der Waals surface area contributed by atoms with E-state index in [0.717, 1.165) is 4.90 Å². The fourth-order valence-corrected chi connectivity index (χ4v) is 4.04. The van der Waals surface area contributed by atoms with Crippen molar-refractivity contribution in [2.24, 2.45) is 0 Å². The molecule has 0 aliphatic carbocycles. The average Bonchev–Trinajstić information content (AvgIpc) is 2.76. The molecule has 1 aliphatic rings. The lowest BCUT2D eigenvalue weighted by molar-refractivity contribution is -0.131. The van der Waals surface area contributed by atoms with Crippen LogP contribution in [0.4, 0.5) is 14.9 Å². The maximum Gasteiger partial charge on any atom is 0.319 e. The quantitative estimate of drug-likeness (QED) is 0.684. The zero-order chi connectivity index (χ0) is 21.3. The van der Waals surface area contributed by atoms with E-state index < -0.39 is 0 Å². The molecule has 0 atom stereocenters. The molecule has 2 N–H and O–H groups in total. The number of hydrogen-bond donors (Lipinski definition) is 2. The number of thioether (sulfide) groups is 1. The summed E-state index contributed by atoms with van der Waals surface area (Å²) >= 11 is 1.60. The van der Waals surface area contributed by atoms with Gasteiger partial charge in [-0.05, 0) is 61.4 Å². The Kier molecular flexibility index (Phi) is 7.69. The number of urea groups is 1. The number of carbonyl (C=O) groups excluding carboxylic acids is 2. The van der Waals surface area contributed by atoms with E-state index >= 15 is 0 Å². The molecule has 3 rings (SSSR count). The maximum absolute atomic E-state index is 12.9. The number of amides is 3. The molecule has 0 spiro atoms. The van der Waals surface area contributed by atoms with Gasteiger partial charge in [0.15, 0.2) is 0 Å². The highest BCUT2D eigenvalue weighted by atomic mass is 32.2. The van der Waals surface area contributed by atoms with Crippen molar-refractivity contribution in [2.75, 3.05) is 24.2 Å². The van der Waals surface area contributed by atoms with E-state index in [1.54, 1.807) is 23.9 Å².